The molecule has 0 bridgehead atoms. The molecule has 2 aliphatic carbocycles. The number of nitrogens with one attached hydrogen (secondary N) is 1. The number of rotatable bonds is 7. The van der Waals surface area contributed by atoms with E-state index in [-0.39, 0.29) is 47.3 Å². The summed E-state index contributed by atoms with van der Waals surface area (Å²) in [6.45, 7) is 2.15. The van der Waals surface area contributed by atoms with E-state index in [9.17, 15) is 17.9 Å². The van der Waals surface area contributed by atoms with Crippen LogP contribution in [-0.4, -0.2) is 37.5 Å². The monoisotopic (exact) mass is 515 g/mol. The highest BCUT2D eigenvalue weighted by Gasteiger charge is 2.40. The Balaban J connectivity index is 1.44. The lowest BCUT2D eigenvalue weighted by molar-refractivity contribution is 0.243. The van der Waals surface area contributed by atoms with Crippen LogP contribution in [0.25, 0.3) is 0 Å². The predicted octanol–water partition coefficient (Wildman–Crippen LogP) is 4.61. The molecule has 2 atom stereocenters. The fourth-order valence-electron chi connectivity index (χ4n) is 5.37. The molecule has 0 spiro atoms. The number of halogens is 2. The second-order valence-electron chi connectivity index (χ2n) is 9.03. The highest BCUT2D eigenvalue weighted by atomic mass is 35.5. The Kier molecular flexibility index (Phi) is 6.48. The first-order chi connectivity index (χ1) is 16.8. The smallest absolute Gasteiger partial charge is 0.244 e. The van der Waals surface area contributed by atoms with Crippen molar-refractivity contribution in [3.05, 3.63) is 94.1 Å². The van der Waals surface area contributed by atoms with Gasteiger partial charge in [0.25, 0.3) is 0 Å². The zero-order valence-corrected chi connectivity index (χ0v) is 20.9. The summed E-state index contributed by atoms with van der Waals surface area (Å²) >= 11 is 6.21. The van der Waals surface area contributed by atoms with E-state index in [0.29, 0.717) is 0 Å². The van der Waals surface area contributed by atoms with Crippen molar-refractivity contribution in [2.24, 2.45) is 11.8 Å². The molecule has 0 radical (unpaired) electrons. The first kappa shape index (κ1) is 24.1. The molecule has 0 amide bonds. The predicted molar refractivity (Wildman–Crippen MR) is 134 cm³/mol. The standard InChI is InChI=1S/C26H27ClFN3O3S/c1-17-22-15-29-31(21-10-8-20(28)9-11-21)24(22)14-18-6-7-19(26(17)18)16-30(12-13-32)35(33,34)25-5-3-2-4-23(25)27/h2-5,8-11,14-15,17,19,29,32H,6-7,12-13,16H2,1H3/t17-,19+/m0/s1. The molecule has 1 heterocycles. The van der Waals surface area contributed by atoms with Gasteiger partial charge in [0.15, 0.2) is 0 Å². The minimum atomic E-state index is -3.86. The minimum Gasteiger partial charge on any atom is -0.395 e. The normalized spacial score (nSPS) is 21.6. The van der Waals surface area contributed by atoms with Gasteiger partial charge in [-0.25, -0.2) is 12.8 Å². The Bertz CT molecular complexity index is 1340. The summed E-state index contributed by atoms with van der Waals surface area (Å²) in [6, 6.07) is 12.7. The molecule has 0 saturated heterocycles. The summed E-state index contributed by atoms with van der Waals surface area (Å²) in [5.41, 5.74) is 8.71. The van der Waals surface area contributed by atoms with Crippen LogP contribution in [0.2, 0.25) is 5.02 Å². The van der Waals surface area contributed by atoms with Gasteiger partial charge in [-0.3, -0.25) is 5.01 Å². The zero-order valence-electron chi connectivity index (χ0n) is 19.3. The SMILES string of the molecule is C[C@H]1C2=CNN(c3ccc(F)cc3)C2=CC2=C1[C@@H](CN(CCO)S(=O)(=O)c1ccccc1Cl)CC2. The van der Waals surface area contributed by atoms with Gasteiger partial charge in [0.2, 0.25) is 10.0 Å². The van der Waals surface area contributed by atoms with E-state index in [1.54, 1.807) is 30.3 Å². The number of nitrogens with zero attached hydrogens (tertiary/aromatic N) is 2. The summed E-state index contributed by atoms with van der Waals surface area (Å²) in [7, 11) is -3.86. The Labute approximate surface area is 210 Å². The number of hydrogen-bond donors (Lipinski definition) is 2. The van der Waals surface area contributed by atoms with Gasteiger partial charge in [-0.05, 0) is 66.8 Å². The lowest BCUT2D eigenvalue weighted by Crippen LogP contribution is -2.38. The van der Waals surface area contributed by atoms with Crippen molar-refractivity contribution in [3.8, 4) is 0 Å². The van der Waals surface area contributed by atoms with Crippen LogP contribution in [0.4, 0.5) is 10.1 Å². The van der Waals surface area contributed by atoms with Crippen LogP contribution < -0.4 is 10.4 Å². The first-order valence-corrected chi connectivity index (χ1v) is 13.5. The number of hydrazine groups is 1. The van der Waals surface area contributed by atoms with E-state index in [0.717, 1.165) is 29.8 Å². The summed E-state index contributed by atoms with van der Waals surface area (Å²) in [5, 5.41) is 11.8. The third kappa shape index (κ3) is 4.29. The number of sulfonamides is 1. The van der Waals surface area contributed by atoms with Gasteiger partial charge in [0, 0.05) is 30.8 Å². The maximum Gasteiger partial charge on any atom is 0.244 e. The summed E-state index contributed by atoms with van der Waals surface area (Å²) in [6.07, 6.45) is 5.79. The topological polar surface area (TPSA) is 72.9 Å². The molecule has 35 heavy (non-hydrogen) atoms. The number of benzene rings is 2. The second kappa shape index (κ2) is 9.43. The van der Waals surface area contributed by atoms with E-state index in [1.165, 1.54) is 33.7 Å². The molecule has 1 aliphatic heterocycles. The minimum absolute atomic E-state index is 0.00470. The van der Waals surface area contributed by atoms with Crippen molar-refractivity contribution in [3.63, 3.8) is 0 Å². The molecule has 2 aromatic carbocycles. The van der Waals surface area contributed by atoms with E-state index in [2.05, 4.69) is 18.4 Å². The Morgan fingerprint density at radius 2 is 1.94 bits per heavy atom. The van der Waals surface area contributed by atoms with Gasteiger partial charge >= 0.3 is 0 Å². The number of fused-ring (bicyclic) bond motifs is 1. The number of anilines is 1. The maximum absolute atomic E-state index is 13.4. The fourth-order valence-corrected chi connectivity index (χ4v) is 7.34. The fraction of sp³-hybridized carbons (Fsp3) is 0.308. The van der Waals surface area contributed by atoms with Crippen LogP contribution in [0.15, 0.2) is 88.1 Å². The number of hydrogen-bond acceptors (Lipinski definition) is 5. The second-order valence-corrected chi connectivity index (χ2v) is 11.3. The molecule has 3 aliphatic rings. The van der Waals surface area contributed by atoms with E-state index in [4.69, 9.17) is 11.6 Å². The highest BCUT2D eigenvalue weighted by molar-refractivity contribution is 7.89. The quantitative estimate of drug-likeness (QED) is 0.563. The van der Waals surface area contributed by atoms with Crippen LogP contribution in [0, 0.1) is 17.7 Å². The third-order valence-corrected chi connectivity index (χ3v) is 9.38. The highest BCUT2D eigenvalue weighted by Crippen LogP contribution is 2.48. The van der Waals surface area contributed by atoms with Crippen molar-refractivity contribution < 1.29 is 17.9 Å². The van der Waals surface area contributed by atoms with Crippen LogP contribution >= 0.6 is 11.6 Å². The molecule has 0 saturated carbocycles. The Morgan fingerprint density at radius 3 is 2.66 bits per heavy atom. The summed E-state index contributed by atoms with van der Waals surface area (Å²) in [4.78, 5) is 0.0545. The van der Waals surface area contributed by atoms with Crippen molar-refractivity contribution in [2.75, 3.05) is 24.7 Å². The van der Waals surface area contributed by atoms with Crippen molar-refractivity contribution in [1.29, 1.82) is 0 Å². The average Bonchev–Trinajstić information content (AvgIpc) is 3.44. The molecule has 184 valence electrons. The van der Waals surface area contributed by atoms with E-state index >= 15 is 0 Å². The van der Waals surface area contributed by atoms with Crippen LogP contribution in [0.1, 0.15) is 19.8 Å². The zero-order chi connectivity index (χ0) is 24.7. The van der Waals surface area contributed by atoms with Gasteiger partial charge < -0.3 is 10.5 Å². The van der Waals surface area contributed by atoms with Gasteiger partial charge in [-0.2, -0.15) is 4.31 Å². The molecule has 6 nitrogen and oxygen atoms in total. The molecular weight excluding hydrogens is 489 g/mol. The van der Waals surface area contributed by atoms with Gasteiger partial charge in [-0.15, -0.1) is 0 Å². The number of aliphatic hydroxyl groups excluding tert-OH is 1. The van der Waals surface area contributed by atoms with Crippen molar-refractivity contribution >= 4 is 27.3 Å². The van der Waals surface area contributed by atoms with Crippen LogP contribution in [0.5, 0.6) is 0 Å². The van der Waals surface area contributed by atoms with Crippen LogP contribution in [-0.2, 0) is 10.0 Å². The molecule has 2 aromatic rings. The molecule has 0 fully saturated rings. The molecular formula is C26H27ClFN3O3S. The summed E-state index contributed by atoms with van der Waals surface area (Å²) < 4.78 is 41.6. The molecule has 5 rings (SSSR count). The molecule has 0 aromatic heterocycles. The molecule has 0 unspecified atom stereocenters. The molecule has 2 N–H and O–H groups in total. The van der Waals surface area contributed by atoms with Gasteiger partial charge in [0.1, 0.15) is 10.7 Å². The number of aliphatic hydroxyl groups is 1. The largest absolute Gasteiger partial charge is 0.395 e. The lowest BCUT2D eigenvalue weighted by atomic mass is 9.80. The van der Waals surface area contributed by atoms with Crippen molar-refractivity contribution in [1.82, 2.24) is 9.73 Å². The number of allylic oxidation sites excluding steroid dienone is 3. The van der Waals surface area contributed by atoms with Gasteiger partial charge in [-0.1, -0.05) is 36.2 Å². The third-order valence-electron chi connectivity index (χ3n) is 7.02. The summed E-state index contributed by atoms with van der Waals surface area (Å²) in [5.74, 6) is -0.160. The maximum atomic E-state index is 13.4. The van der Waals surface area contributed by atoms with Crippen LogP contribution in [0.3, 0.4) is 0 Å². The Morgan fingerprint density at radius 1 is 1.20 bits per heavy atom. The lowest BCUT2D eigenvalue weighted by Gasteiger charge is -2.32. The van der Waals surface area contributed by atoms with Gasteiger partial charge in [0.05, 0.1) is 23.0 Å². The van der Waals surface area contributed by atoms with E-state index in [1.807, 2.05) is 11.2 Å². The Hall–Kier alpha value is -2.65. The first-order valence-electron chi connectivity index (χ1n) is 11.6. The molecule has 9 heteroatoms. The van der Waals surface area contributed by atoms with Crippen molar-refractivity contribution in [2.45, 2.75) is 24.7 Å². The average molecular weight is 516 g/mol. The van der Waals surface area contributed by atoms with E-state index < -0.39 is 10.0 Å².